The maximum Gasteiger partial charge on any atom is 0.219 e. The van der Waals surface area contributed by atoms with E-state index in [9.17, 15) is 9.18 Å². The van der Waals surface area contributed by atoms with E-state index < -0.39 is 0 Å². The molecule has 1 aliphatic rings. The molecule has 0 saturated carbocycles. The van der Waals surface area contributed by atoms with Crippen LogP contribution in [-0.4, -0.2) is 22.3 Å². The van der Waals surface area contributed by atoms with E-state index in [2.05, 4.69) is 10.3 Å². The Morgan fingerprint density at radius 3 is 2.92 bits per heavy atom. The molecule has 1 atom stereocenters. The first-order valence-corrected chi connectivity index (χ1v) is 7.73. The van der Waals surface area contributed by atoms with Gasteiger partial charge in [-0.1, -0.05) is 6.07 Å². The Kier molecular flexibility index (Phi) is 4.43. The molecule has 0 radical (unpaired) electrons. The second-order valence-electron chi connectivity index (χ2n) is 5.81. The van der Waals surface area contributed by atoms with E-state index in [1.165, 1.54) is 25.3 Å². The van der Waals surface area contributed by atoms with Crippen LogP contribution in [0, 0.1) is 17.1 Å². The molecule has 1 aromatic heterocycles. The number of nitrogens with zero attached hydrogens (tertiary/aromatic N) is 3. The highest BCUT2D eigenvalue weighted by Crippen LogP contribution is 2.30. The molecule has 24 heavy (non-hydrogen) atoms. The van der Waals surface area contributed by atoms with Crippen molar-refractivity contribution in [2.24, 2.45) is 0 Å². The minimum Gasteiger partial charge on any atom is -0.363 e. The van der Waals surface area contributed by atoms with Crippen LogP contribution in [0.15, 0.2) is 36.5 Å². The summed E-state index contributed by atoms with van der Waals surface area (Å²) in [4.78, 5) is 17.7. The maximum absolute atomic E-state index is 13.6. The lowest BCUT2D eigenvalue weighted by molar-refractivity contribution is -0.129. The van der Waals surface area contributed by atoms with E-state index in [-0.39, 0.29) is 17.8 Å². The van der Waals surface area contributed by atoms with E-state index in [0.29, 0.717) is 30.9 Å². The van der Waals surface area contributed by atoms with Gasteiger partial charge < -0.3 is 10.2 Å². The monoisotopic (exact) mass is 324 g/mol. The van der Waals surface area contributed by atoms with Crippen LogP contribution in [0.25, 0.3) is 0 Å². The molecule has 6 heteroatoms. The predicted molar refractivity (Wildman–Crippen MR) is 87.4 cm³/mol. The van der Waals surface area contributed by atoms with Crippen LogP contribution in [0.1, 0.15) is 36.1 Å². The molecule has 5 nitrogen and oxygen atoms in total. The van der Waals surface area contributed by atoms with Crippen molar-refractivity contribution in [2.45, 2.75) is 25.9 Å². The van der Waals surface area contributed by atoms with Crippen molar-refractivity contribution in [1.82, 2.24) is 9.88 Å². The molecular weight excluding hydrogens is 307 g/mol. The first-order chi connectivity index (χ1) is 11.6. The van der Waals surface area contributed by atoms with Gasteiger partial charge in [0.1, 0.15) is 17.7 Å². The summed E-state index contributed by atoms with van der Waals surface area (Å²) in [6, 6.07) is 10.1. The Bertz CT molecular complexity index is 798. The molecule has 0 spiro atoms. The number of hydrogen-bond acceptors (Lipinski definition) is 4. The number of nitriles is 1. The Balaban J connectivity index is 1.90. The molecular formula is C18H17FN4O. The van der Waals surface area contributed by atoms with Crippen molar-refractivity contribution in [2.75, 3.05) is 11.9 Å². The van der Waals surface area contributed by atoms with Crippen molar-refractivity contribution in [3.8, 4) is 6.07 Å². The number of nitrogens with one attached hydrogen (secondary N) is 1. The molecule has 1 unspecified atom stereocenters. The molecule has 0 saturated heterocycles. The summed E-state index contributed by atoms with van der Waals surface area (Å²) >= 11 is 0. The zero-order valence-corrected chi connectivity index (χ0v) is 13.3. The van der Waals surface area contributed by atoms with Gasteiger partial charge >= 0.3 is 0 Å². The molecule has 122 valence electrons. The van der Waals surface area contributed by atoms with Crippen LogP contribution < -0.4 is 5.32 Å². The van der Waals surface area contributed by atoms with Gasteiger partial charge in [0, 0.05) is 26.2 Å². The van der Waals surface area contributed by atoms with Crippen LogP contribution in [-0.2, 0) is 11.3 Å². The standard InChI is InChI=1S/C18H17FN4O/c1-12(24)23-7-6-17(16-4-3-15(19)8-14(16)11-23)22-18-5-2-13(9-20)10-21-18/h2-5,8,10,17H,6-7,11H2,1H3,(H,21,22). The number of carbonyl (C=O) groups is 1. The van der Waals surface area contributed by atoms with Gasteiger partial charge in [-0.05, 0) is 41.8 Å². The van der Waals surface area contributed by atoms with Crippen molar-refractivity contribution in [1.29, 1.82) is 5.26 Å². The van der Waals surface area contributed by atoms with Crippen LogP contribution in [0.2, 0.25) is 0 Å². The van der Waals surface area contributed by atoms with Gasteiger partial charge in [-0.3, -0.25) is 4.79 Å². The van der Waals surface area contributed by atoms with Gasteiger partial charge in [-0.15, -0.1) is 0 Å². The number of pyridine rings is 1. The zero-order chi connectivity index (χ0) is 17.1. The molecule has 0 fully saturated rings. The fraction of sp³-hybridized carbons (Fsp3) is 0.278. The van der Waals surface area contributed by atoms with E-state index in [1.807, 2.05) is 6.07 Å². The number of amides is 1. The van der Waals surface area contributed by atoms with Crippen LogP contribution in [0.3, 0.4) is 0 Å². The quantitative estimate of drug-likeness (QED) is 0.922. The molecule has 1 amide bonds. The number of benzene rings is 1. The summed E-state index contributed by atoms with van der Waals surface area (Å²) in [7, 11) is 0. The molecule has 1 aliphatic heterocycles. The van der Waals surface area contributed by atoms with Gasteiger partial charge in [0.25, 0.3) is 0 Å². The summed E-state index contributed by atoms with van der Waals surface area (Å²) < 4.78 is 13.6. The first-order valence-electron chi connectivity index (χ1n) is 7.73. The number of halogens is 1. The number of aromatic nitrogens is 1. The Morgan fingerprint density at radius 1 is 1.42 bits per heavy atom. The lowest BCUT2D eigenvalue weighted by Crippen LogP contribution is -2.28. The smallest absolute Gasteiger partial charge is 0.219 e. The summed E-state index contributed by atoms with van der Waals surface area (Å²) in [5, 5.41) is 12.2. The van der Waals surface area contributed by atoms with Gasteiger partial charge in [0.2, 0.25) is 5.91 Å². The molecule has 2 heterocycles. The number of fused-ring (bicyclic) bond motifs is 1. The van der Waals surface area contributed by atoms with E-state index >= 15 is 0 Å². The highest BCUT2D eigenvalue weighted by atomic mass is 19.1. The fourth-order valence-electron chi connectivity index (χ4n) is 2.92. The van der Waals surface area contributed by atoms with E-state index in [0.717, 1.165) is 11.1 Å². The number of hydrogen-bond donors (Lipinski definition) is 1. The number of rotatable bonds is 2. The Hall–Kier alpha value is -2.94. The van der Waals surface area contributed by atoms with Crippen LogP contribution in [0.4, 0.5) is 10.2 Å². The maximum atomic E-state index is 13.6. The predicted octanol–water partition coefficient (Wildman–Crippen LogP) is 3.00. The Labute approximate surface area is 139 Å². The minimum absolute atomic E-state index is 0.0256. The van der Waals surface area contributed by atoms with Gasteiger partial charge in [0.05, 0.1) is 11.6 Å². The van der Waals surface area contributed by atoms with E-state index in [4.69, 9.17) is 5.26 Å². The first kappa shape index (κ1) is 15.9. The normalized spacial score (nSPS) is 16.7. The molecule has 0 aliphatic carbocycles. The lowest BCUT2D eigenvalue weighted by Gasteiger charge is -2.20. The van der Waals surface area contributed by atoms with E-state index in [1.54, 1.807) is 23.1 Å². The molecule has 2 aromatic rings. The summed E-state index contributed by atoms with van der Waals surface area (Å²) in [5.41, 5.74) is 2.26. The highest BCUT2D eigenvalue weighted by molar-refractivity contribution is 5.73. The summed E-state index contributed by atoms with van der Waals surface area (Å²) in [6.07, 6.45) is 2.20. The molecule has 1 N–H and O–H groups in total. The fourth-order valence-corrected chi connectivity index (χ4v) is 2.92. The zero-order valence-electron chi connectivity index (χ0n) is 13.3. The molecule has 1 aromatic carbocycles. The third-order valence-electron chi connectivity index (χ3n) is 4.19. The lowest BCUT2D eigenvalue weighted by atomic mass is 9.99. The largest absolute Gasteiger partial charge is 0.363 e. The minimum atomic E-state index is -0.311. The Morgan fingerprint density at radius 2 is 2.25 bits per heavy atom. The molecule has 0 bridgehead atoms. The number of carbonyl (C=O) groups excluding carboxylic acids is 1. The second-order valence-corrected chi connectivity index (χ2v) is 5.81. The van der Waals surface area contributed by atoms with Crippen LogP contribution in [0.5, 0.6) is 0 Å². The summed E-state index contributed by atoms with van der Waals surface area (Å²) in [6.45, 7) is 2.51. The molecule has 3 rings (SSSR count). The average molecular weight is 324 g/mol. The van der Waals surface area contributed by atoms with Gasteiger partial charge in [-0.2, -0.15) is 5.26 Å². The topological polar surface area (TPSA) is 69.0 Å². The second kappa shape index (κ2) is 6.67. The highest BCUT2D eigenvalue weighted by Gasteiger charge is 2.24. The summed E-state index contributed by atoms with van der Waals surface area (Å²) in [5.74, 6) is 0.308. The SMILES string of the molecule is CC(=O)N1CCC(Nc2ccc(C#N)cn2)c2ccc(F)cc2C1. The van der Waals surface area contributed by atoms with Gasteiger partial charge in [0.15, 0.2) is 0 Å². The van der Waals surface area contributed by atoms with Crippen molar-refractivity contribution < 1.29 is 9.18 Å². The third kappa shape index (κ3) is 3.35. The van der Waals surface area contributed by atoms with Crippen molar-refractivity contribution in [3.63, 3.8) is 0 Å². The van der Waals surface area contributed by atoms with Crippen LogP contribution >= 0.6 is 0 Å². The van der Waals surface area contributed by atoms with Crippen molar-refractivity contribution >= 4 is 11.7 Å². The third-order valence-corrected chi connectivity index (χ3v) is 4.19. The average Bonchev–Trinajstić information content (AvgIpc) is 2.75. The number of anilines is 1. The van der Waals surface area contributed by atoms with Crippen molar-refractivity contribution in [3.05, 3.63) is 59.0 Å². The van der Waals surface area contributed by atoms with Gasteiger partial charge in [-0.25, -0.2) is 9.37 Å².